The van der Waals surface area contributed by atoms with Crippen molar-refractivity contribution in [2.45, 2.75) is 63.3 Å². The normalized spacial score (nSPS) is 29.9. The molecule has 3 aliphatic rings. The van der Waals surface area contributed by atoms with Crippen molar-refractivity contribution < 1.29 is 0 Å². The molecule has 20 heavy (non-hydrogen) atoms. The maximum absolute atomic E-state index is 6.61. The molecule has 0 spiro atoms. The first-order chi connectivity index (χ1) is 9.73. The molecule has 3 nitrogen and oxygen atoms in total. The molecule has 0 aromatic carbocycles. The number of piperidine rings is 1. The highest BCUT2D eigenvalue weighted by Crippen LogP contribution is 2.28. The molecule has 0 amide bonds. The van der Waals surface area contributed by atoms with Crippen LogP contribution < -0.4 is 5.73 Å². The Morgan fingerprint density at radius 2 is 1.45 bits per heavy atom. The molecule has 1 saturated carbocycles. The first-order valence-corrected chi connectivity index (χ1v) is 8.97. The van der Waals surface area contributed by atoms with Crippen LogP contribution in [0.3, 0.4) is 0 Å². The van der Waals surface area contributed by atoms with Gasteiger partial charge in [0.05, 0.1) is 0 Å². The number of nitrogens with zero attached hydrogens (tertiary/aromatic N) is 2. The monoisotopic (exact) mass is 279 g/mol. The summed E-state index contributed by atoms with van der Waals surface area (Å²) in [5.74, 6) is 0.949. The van der Waals surface area contributed by atoms with E-state index in [0.717, 1.165) is 12.5 Å². The molecule has 2 heterocycles. The number of likely N-dealkylation sites (tertiary alicyclic amines) is 2. The van der Waals surface area contributed by atoms with Crippen molar-refractivity contribution in [2.24, 2.45) is 11.7 Å². The van der Waals surface area contributed by atoms with Crippen LogP contribution in [0.1, 0.15) is 57.8 Å². The van der Waals surface area contributed by atoms with Gasteiger partial charge in [-0.05, 0) is 70.6 Å². The van der Waals surface area contributed by atoms with Crippen LogP contribution in [0.5, 0.6) is 0 Å². The second-order valence-electron chi connectivity index (χ2n) is 7.65. The maximum Gasteiger partial charge on any atom is 0.0283 e. The third kappa shape index (κ3) is 3.96. The summed E-state index contributed by atoms with van der Waals surface area (Å²) in [5, 5.41) is 0. The minimum absolute atomic E-state index is 0.139. The van der Waals surface area contributed by atoms with E-state index in [1.165, 1.54) is 90.5 Å². The zero-order valence-electron chi connectivity index (χ0n) is 13.2. The fourth-order valence-corrected chi connectivity index (χ4v) is 4.52. The van der Waals surface area contributed by atoms with Gasteiger partial charge in [0.15, 0.2) is 0 Å². The van der Waals surface area contributed by atoms with E-state index < -0.39 is 0 Å². The molecule has 3 heteroatoms. The molecule has 3 fully saturated rings. The predicted molar refractivity (Wildman–Crippen MR) is 84.8 cm³/mol. The summed E-state index contributed by atoms with van der Waals surface area (Å²) in [5.41, 5.74) is 6.75. The Kier molecular flexibility index (Phi) is 5.00. The summed E-state index contributed by atoms with van der Waals surface area (Å²) in [6.45, 7) is 7.80. The van der Waals surface area contributed by atoms with Gasteiger partial charge < -0.3 is 15.5 Å². The maximum atomic E-state index is 6.61. The smallest absolute Gasteiger partial charge is 0.0283 e. The topological polar surface area (TPSA) is 32.5 Å². The largest absolute Gasteiger partial charge is 0.324 e. The van der Waals surface area contributed by atoms with Crippen molar-refractivity contribution in [3.8, 4) is 0 Å². The SMILES string of the molecule is NC1(CN2CCC(CN3CCCC3)CC2)CCCCC1. The summed E-state index contributed by atoms with van der Waals surface area (Å²) >= 11 is 0. The number of hydrogen-bond acceptors (Lipinski definition) is 3. The zero-order valence-corrected chi connectivity index (χ0v) is 13.2. The molecule has 1 aliphatic carbocycles. The van der Waals surface area contributed by atoms with Crippen molar-refractivity contribution >= 4 is 0 Å². The molecule has 2 aliphatic heterocycles. The minimum atomic E-state index is 0.139. The highest BCUT2D eigenvalue weighted by Gasteiger charge is 2.31. The Morgan fingerprint density at radius 1 is 0.800 bits per heavy atom. The Bertz CT molecular complexity index is 285. The molecule has 0 radical (unpaired) electrons. The van der Waals surface area contributed by atoms with Crippen molar-refractivity contribution in [2.75, 3.05) is 39.3 Å². The fourth-order valence-electron chi connectivity index (χ4n) is 4.52. The lowest BCUT2D eigenvalue weighted by atomic mass is 9.81. The number of rotatable bonds is 4. The molecule has 116 valence electrons. The zero-order chi connectivity index (χ0) is 13.8. The molecule has 0 bridgehead atoms. The van der Waals surface area contributed by atoms with E-state index in [1.807, 2.05) is 0 Å². The van der Waals surface area contributed by atoms with E-state index >= 15 is 0 Å². The van der Waals surface area contributed by atoms with Gasteiger partial charge in [-0.1, -0.05) is 19.3 Å². The van der Waals surface area contributed by atoms with Gasteiger partial charge in [0, 0.05) is 18.6 Å². The van der Waals surface area contributed by atoms with Gasteiger partial charge in [-0.2, -0.15) is 0 Å². The average Bonchev–Trinajstić information content (AvgIpc) is 2.94. The molecule has 2 saturated heterocycles. The van der Waals surface area contributed by atoms with Gasteiger partial charge in [-0.25, -0.2) is 0 Å². The van der Waals surface area contributed by atoms with Crippen molar-refractivity contribution in [3.63, 3.8) is 0 Å². The van der Waals surface area contributed by atoms with Gasteiger partial charge >= 0.3 is 0 Å². The van der Waals surface area contributed by atoms with Gasteiger partial charge in [-0.15, -0.1) is 0 Å². The van der Waals surface area contributed by atoms with E-state index in [9.17, 15) is 0 Å². The summed E-state index contributed by atoms with van der Waals surface area (Å²) < 4.78 is 0. The highest BCUT2D eigenvalue weighted by molar-refractivity contribution is 4.91. The quantitative estimate of drug-likeness (QED) is 0.858. The Morgan fingerprint density at radius 3 is 2.10 bits per heavy atom. The second kappa shape index (κ2) is 6.76. The fraction of sp³-hybridized carbons (Fsp3) is 1.00. The molecule has 2 N–H and O–H groups in total. The van der Waals surface area contributed by atoms with Crippen LogP contribution in [0, 0.1) is 5.92 Å². The third-order valence-corrected chi connectivity index (χ3v) is 5.81. The van der Waals surface area contributed by atoms with Crippen molar-refractivity contribution in [3.05, 3.63) is 0 Å². The molecular formula is C17H33N3. The van der Waals surface area contributed by atoms with E-state index in [2.05, 4.69) is 9.80 Å². The van der Waals surface area contributed by atoms with Crippen molar-refractivity contribution in [1.29, 1.82) is 0 Å². The summed E-state index contributed by atoms with van der Waals surface area (Å²) in [4.78, 5) is 5.34. The van der Waals surface area contributed by atoms with Crippen LogP contribution in [0.4, 0.5) is 0 Å². The Labute approximate surface area is 124 Å². The van der Waals surface area contributed by atoms with E-state index in [1.54, 1.807) is 0 Å². The lowest BCUT2D eigenvalue weighted by molar-refractivity contribution is 0.115. The Balaban J connectivity index is 1.39. The lowest BCUT2D eigenvalue weighted by Gasteiger charge is -2.41. The predicted octanol–water partition coefficient (Wildman–Crippen LogP) is 2.46. The molecule has 3 rings (SSSR count). The summed E-state index contributed by atoms with van der Waals surface area (Å²) in [7, 11) is 0. The second-order valence-corrected chi connectivity index (χ2v) is 7.65. The van der Waals surface area contributed by atoms with Gasteiger partial charge in [-0.3, -0.25) is 0 Å². The first-order valence-electron chi connectivity index (χ1n) is 8.97. The number of hydrogen-bond donors (Lipinski definition) is 1. The Hall–Kier alpha value is -0.120. The number of nitrogens with two attached hydrogens (primary N) is 1. The van der Waals surface area contributed by atoms with Gasteiger partial charge in [0.2, 0.25) is 0 Å². The average molecular weight is 279 g/mol. The minimum Gasteiger partial charge on any atom is -0.324 e. The molecule has 0 atom stereocenters. The van der Waals surface area contributed by atoms with Crippen molar-refractivity contribution in [1.82, 2.24) is 9.80 Å². The highest BCUT2D eigenvalue weighted by atomic mass is 15.2. The molecule has 0 aromatic heterocycles. The summed E-state index contributed by atoms with van der Waals surface area (Å²) in [6, 6.07) is 0. The van der Waals surface area contributed by atoms with Crippen LogP contribution in [0.25, 0.3) is 0 Å². The van der Waals surface area contributed by atoms with Crippen LogP contribution in [0.2, 0.25) is 0 Å². The van der Waals surface area contributed by atoms with E-state index in [4.69, 9.17) is 5.73 Å². The molecule has 0 aromatic rings. The van der Waals surface area contributed by atoms with Crippen LogP contribution in [-0.2, 0) is 0 Å². The van der Waals surface area contributed by atoms with Gasteiger partial charge in [0.1, 0.15) is 0 Å². The first kappa shape index (κ1) is 14.8. The third-order valence-electron chi connectivity index (χ3n) is 5.81. The summed E-state index contributed by atoms with van der Waals surface area (Å²) in [6.07, 6.45) is 12.2. The standard InChI is InChI=1S/C17H33N3/c18-17(8-2-1-3-9-17)15-20-12-6-16(7-13-20)14-19-10-4-5-11-19/h16H,1-15,18H2. The van der Waals surface area contributed by atoms with E-state index in [-0.39, 0.29) is 5.54 Å². The van der Waals surface area contributed by atoms with Gasteiger partial charge in [0.25, 0.3) is 0 Å². The van der Waals surface area contributed by atoms with Crippen LogP contribution >= 0.6 is 0 Å². The van der Waals surface area contributed by atoms with Crippen LogP contribution in [0.15, 0.2) is 0 Å². The molecular weight excluding hydrogens is 246 g/mol. The molecule has 0 unspecified atom stereocenters. The van der Waals surface area contributed by atoms with E-state index in [0.29, 0.717) is 0 Å². The lowest BCUT2D eigenvalue weighted by Crippen LogP contribution is -2.53. The van der Waals surface area contributed by atoms with Crippen LogP contribution in [-0.4, -0.2) is 54.6 Å².